The molecular formula is C17H30N2O. The van der Waals surface area contributed by atoms with Gasteiger partial charge in [-0.1, -0.05) is 20.8 Å². The predicted octanol–water partition coefficient (Wildman–Crippen LogP) is 3.79. The Hall–Kier alpha value is -0.800. The van der Waals surface area contributed by atoms with E-state index in [2.05, 4.69) is 44.1 Å². The molecule has 1 aliphatic carbocycles. The smallest absolute Gasteiger partial charge is 0.118 e. The predicted molar refractivity (Wildman–Crippen MR) is 83.6 cm³/mol. The third-order valence-electron chi connectivity index (χ3n) is 4.62. The number of nitrogens with zero attached hydrogens (tertiary/aromatic N) is 1. The number of rotatable bonds is 6. The minimum Gasteiger partial charge on any atom is -0.468 e. The van der Waals surface area contributed by atoms with Gasteiger partial charge in [-0.2, -0.15) is 0 Å². The summed E-state index contributed by atoms with van der Waals surface area (Å²) < 4.78 is 5.68. The van der Waals surface area contributed by atoms with Gasteiger partial charge in [0, 0.05) is 18.2 Å². The maximum Gasteiger partial charge on any atom is 0.118 e. The highest BCUT2D eigenvalue weighted by Gasteiger charge is 2.28. The Morgan fingerprint density at radius 3 is 2.70 bits per heavy atom. The number of hydrogen-bond acceptors (Lipinski definition) is 3. The third kappa shape index (κ3) is 4.35. The minimum absolute atomic E-state index is 0.543. The lowest BCUT2D eigenvalue weighted by molar-refractivity contribution is 0.117. The standard InChI is InChI=1S/C17H30N2O/c1-5-18-11-14-10-16(20-13-14)12-19(4)15-6-8-17(2,3)9-7-15/h10,13,15,18H,5-9,11-12H2,1-4H3. The van der Waals surface area contributed by atoms with Gasteiger partial charge in [0.25, 0.3) is 0 Å². The van der Waals surface area contributed by atoms with Crippen LogP contribution in [0.5, 0.6) is 0 Å². The second-order valence-electron chi connectivity index (χ2n) is 7.01. The average molecular weight is 278 g/mol. The Morgan fingerprint density at radius 1 is 1.35 bits per heavy atom. The summed E-state index contributed by atoms with van der Waals surface area (Å²) in [6.45, 7) is 9.74. The van der Waals surface area contributed by atoms with Crippen LogP contribution >= 0.6 is 0 Å². The highest BCUT2D eigenvalue weighted by Crippen LogP contribution is 2.36. The van der Waals surface area contributed by atoms with Crippen LogP contribution in [0, 0.1) is 5.41 Å². The van der Waals surface area contributed by atoms with Crippen molar-refractivity contribution in [3.05, 3.63) is 23.7 Å². The lowest BCUT2D eigenvalue weighted by Gasteiger charge is -2.38. The molecule has 3 heteroatoms. The van der Waals surface area contributed by atoms with Crippen molar-refractivity contribution in [2.45, 2.75) is 65.6 Å². The quantitative estimate of drug-likeness (QED) is 0.858. The Kier molecular flexibility index (Phi) is 5.28. The van der Waals surface area contributed by atoms with Gasteiger partial charge in [0.2, 0.25) is 0 Å². The van der Waals surface area contributed by atoms with Crippen LogP contribution in [0.3, 0.4) is 0 Å². The monoisotopic (exact) mass is 278 g/mol. The fourth-order valence-electron chi connectivity index (χ4n) is 3.07. The molecule has 0 radical (unpaired) electrons. The zero-order valence-corrected chi connectivity index (χ0v) is 13.5. The van der Waals surface area contributed by atoms with Gasteiger partial charge in [0.15, 0.2) is 0 Å². The number of hydrogen-bond donors (Lipinski definition) is 1. The molecule has 0 bridgehead atoms. The zero-order valence-electron chi connectivity index (χ0n) is 13.5. The molecule has 1 saturated carbocycles. The molecule has 1 heterocycles. The van der Waals surface area contributed by atoms with Crippen LogP contribution in [0.2, 0.25) is 0 Å². The molecule has 1 aromatic rings. The molecule has 0 unspecified atom stereocenters. The van der Waals surface area contributed by atoms with E-state index in [0.717, 1.165) is 25.4 Å². The Bertz CT molecular complexity index is 401. The Balaban J connectivity index is 1.82. The van der Waals surface area contributed by atoms with Crippen molar-refractivity contribution in [3.63, 3.8) is 0 Å². The van der Waals surface area contributed by atoms with Crippen LogP contribution in [0.1, 0.15) is 57.8 Å². The normalized spacial score (nSPS) is 19.6. The molecule has 0 saturated heterocycles. The van der Waals surface area contributed by atoms with Crippen molar-refractivity contribution in [2.75, 3.05) is 13.6 Å². The van der Waals surface area contributed by atoms with Gasteiger partial charge in [-0.25, -0.2) is 0 Å². The summed E-state index contributed by atoms with van der Waals surface area (Å²) in [5.74, 6) is 1.09. The molecule has 0 spiro atoms. The van der Waals surface area contributed by atoms with E-state index in [4.69, 9.17) is 4.42 Å². The summed E-state index contributed by atoms with van der Waals surface area (Å²) in [5.41, 5.74) is 1.79. The number of nitrogens with one attached hydrogen (secondary N) is 1. The highest BCUT2D eigenvalue weighted by atomic mass is 16.3. The first kappa shape index (κ1) is 15.6. The van der Waals surface area contributed by atoms with Crippen LogP contribution in [0.15, 0.2) is 16.7 Å². The maximum absolute atomic E-state index is 5.68. The lowest BCUT2D eigenvalue weighted by atomic mass is 9.75. The van der Waals surface area contributed by atoms with E-state index in [-0.39, 0.29) is 0 Å². The van der Waals surface area contributed by atoms with Crippen molar-refractivity contribution >= 4 is 0 Å². The van der Waals surface area contributed by atoms with E-state index >= 15 is 0 Å². The van der Waals surface area contributed by atoms with Gasteiger partial charge in [-0.15, -0.1) is 0 Å². The average Bonchev–Trinajstić information content (AvgIpc) is 2.83. The summed E-state index contributed by atoms with van der Waals surface area (Å²) >= 11 is 0. The molecule has 1 aromatic heterocycles. The number of furan rings is 1. The van der Waals surface area contributed by atoms with Crippen LogP contribution < -0.4 is 5.32 Å². The molecule has 1 fully saturated rings. The molecule has 114 valence electrons. The Labute approximate surface area is 123 Å². The summed E-state index contributed by atoms with van der Waals surface area (Å²) in [6.07, 6.45) is 7.19. The molecule has 1 aliphatic rings. The zero-order chi connectivity index (χ0) is 14.6. The SMILES string of the molecule is CCNCc1coc(CN(C)C2CCC(C)(C)CC2)c1. The van der Waals surface area contributed by atoms with Crippen molar-refractivity contribution in [2.24, 2.45) is 5.41 Å². The van der Waals surface area contributed by atoms with E-state index in [0.29, 0.717) is 11.5 Å². The van der Waals surface area contributed by atoms with Crippen LogP contribution in [-0.4, -0.2) is 24.5 Å². The minimum atomic E-state index is 0.543. The van der Waals surface area contributed by atoms with Crippen LogP contribution in [0.4, 0.5) is 0 Å². The van der Waals surface area contributed by atoms with E-state index in [9.17, 15) is 0 Å². The van der Waals surface area contributed by atoms with Crippen LogP contribution in [-0.2, 0) is 13.1 Å². The molecule has 3 nitrogen and oxygen atoms in total. The molecule has 0 aromatic carbocycles. The lowest BCUT2D eigenvalue weighted by Crippen LogP contribution is -2.36. The molecule has 1 N–H and O–H groups in total. The molecule has 0 amide bonds. The Morgan fingerprint density at radius 2 is 2.05 bits per heavy atom. The van der Waals surface area contributed by atoms with E-state index in [1.165, 1.54) is 31.2 Å². The highest BCUT2D eigenvalue weighted by molar-refractivity contribution is 5.12. The maximum atomic E-state index is 5.68. The van der Waals surface area contributed by atoms with E-state index in [1.54, 1.807) is 0 Å². The first-order valence-electron chi connectivity index (χ1n) is 7.97. The van der Waals surface area contributed by atoms with Gasteiger partial charge >= 0.3 is 0 Å². The van der Waals surface area contributed by atoms with E-state index in [1.807, 2.05) is 6.26 Å². The summed E-state index contributed by atoms with van der Waals surface area (Å²) in [5, 5.41) is 3.33. The third-order valence-corrected chi connectivity index (χ3v) is 4.62. The molecule has 0 aliphatic heterocycles. The van der Waals surface area contributed by atoms with E-state index < -0.39 is 0 Å². The molecule has 2 rings (SSSR count). The summed E-state index contributed by atoms with van der Waals surface area (Å²) in [4.78, 5) is 2.46. The molecule has 0 atom stereocenters. The summed E-state index contributed by atoms with van der Waals surface area (Å²) in [6, 6.07) is 2.90. The second-order valence-corrected chi connectivity index (χ2v) is 7.01. The van der Waals surface area contributed by atoms with Gasteiger partial charge in [0.1, 0.15) is 5.76 Å². The van der Waals surface area contributed by atoms with Crippen molar-refractivity contribution in [1.29, 1.82) is 0 Å². The molecule has 20 heavy (non-hydrogen) atoms. The van der Waals surface area contributed by atoms with Gasteiger partial charge in [-0.05, 0) is 50.8 Å². The first-order valence-corrected chi connectivity index (χ1v) is 7.97. The van der Waals surface area contributed by atoms with Gasteiger partial charge in [0.05, 0.1) is 12.8 Å². The van der Waals surface area contributed by atoms with Crippen molar-refractivity contribution in [3.8, 4) is 0 Å². The largest absolute Gasteiger partial charge is 0.468 e. The van der Waals surface area contributed by atoms with Gasteiger partial charge < -0.3 is 9.73 Å². The van der Waals surface area contributed by atoms with Gasteiger partial charge in [-0.3, -0.25) is 4.90 Å². The van der Waals surface area contributed by atoms with Crippen molar-refractivity contribution < 1.29 is 4.42 Å². The van der Waals surface area contributed by atoms with Crippen LogP contribution in [0.25, 0.3) is 0 Å². The summed E-state index contributed by atoms with van der Waals surface area (Å²) in [7, 11) is 2.23. The topological polar surface area (TPSA) is 28.4 Å². The molecular weight excluding hydrogens is 248 g/mol. The fraction of sp³-hybridized carbons (Fsp3) is 0.765. The van der Waals surface area contributed by atoms with Crippen molar-refractivity contribution in [1.82, 2.24) is 10.2 Å². The fourth-order valence-corrected chi connectivity index (χ4v) is 3.07. The first-order chi connectivity index (χ1) is 9.50. The second kappa shape index (κ2) is 6.77.